The first-order valence-corrected chi connectivity index (χ1v) is 11.3. The second-order valence-electron chi connectivity index (χ2n) is 8.84. The minimum absolute atomic E-state index is 0.0253. The molecule has 0 aliphatic rings. The van der Waals surface area contributed by atoms with Crippen molar-refractivity contribution in [3.05, 3.63) is 51.8 Å². The van der Waals surface area contributed by atoms with Crippen LogP contribution in [-0.4, -0.2) is 40.3 Å². The lowest BCUT2D eigenvalue weighted by atomic mass is 9.95. The predicted molar refractivity (Wildman–Crippen MR) is 127 cm³/mol. The zero-order valence-corrected chi connectivity index (χ0v) is 20.1. The summed E-state index contributed by atoms with van der Waals surface area (Å²) >= 11 is 1.37. The van der Waals surface area contributed by atoms with E-state index in [0.29, 0.717) is 4.88 Å². The zero-order chi connectivity index (χ0) is 22.9. The predicted octanol–water partition coefficient (Wildman–Crippen LogP) is 4.88. The molecule has 0 aliphatic heterocycles. The SMILES string of the molecule is CCc1ccccc1NC(=O)CN(C)C(=O)c1sc2nc(C(C)(C)C)nc(C)c2c1C. The van der Waals surface area contributed by atoms with Gasteiger partial charge in [0.05, 0.1) is 17.1 Å². The molecule has 7 heteroatoms. The number of thiophene rings is 1. The van der Waals surface area contributed by atoms with E-state index < -0.39 is 0 Å². The summed E-state index contributed by atoms with van der Waals surface area (Å²) in [6, 6.07) is 7.70. The molecule has 0 saturated carbocycles. The number of nitrogens with one attached hydrogen (secondary N) is 1. The summed E-state index contributed by atoms with van der Waals surface area (Å²) in [5.41, 5.74) is 3.42. The fraction of sp³-hybridized carbons (Fsp3) is 0.417. The molecule has 2 heterocycles. The van der Waals surface area contributed by atoms with Gasteiger partial charge in [0.15, 0.2) is 0 Å². The van der Waals surface area contributed by atoms with Crippen molar-refractivity contribution in [2.45, 2.75) is 53.4 Å². The molecule has 2 aromatic heterocycles. The number of likely N-dealkylation sites (N-methyl/N-ethyl adjacent to an activating group) is 1. The Hall–Kier alpha value is -2.80. The highest BCUT2D eigenvalue weighted by Gasteiger charge is 2.25. The lowest BCUT2D eigenvalue weighted by molar-refractivity contribution is -0.116. The maximum Gasteiger partial charge on any atom is 0.264 e. The molecule has 0 spiro atoms. The van der Waals surface area contributed by atoms with Gasteiger partial charge in [0.1, 0.15) is 10.7 Å². The Kier molecular flexibility index (Phi) is 6.46. The van der Waals surface area contributed by atoms with Crippen molar-refractivity contribution in [2.75, 3.05) is 18.9 Å². The van der Waals surface area contributed by atoms with Crippen LogP contribution in [0.4, 0.5) is 5.69 Å². The number of hydrogen-bond acceptors (Lipinski definition) is 5. The number of benzene rings is 1. The largest absolute Gasteiger partial charge is 0.332 e. The topological polar surface area (TPSA) is 75.2 Å². The summed E-state index contributed by atoms with van der Waals surface area (Å²) in [6.45, 7) is 12.1. The van der Waals surface area contributed by atoms with Gasteiger partial charge >= 0.3 is 0 Å². The summed E-state index contributed by atoms with van der Waals surface area (Å²) in [6.07, 6.45) is 0.823. The van der Waals surface area contributed by atoms with Gasteiger partial charge in [0.2, 0.25) is 5.91 Å². The van der Waals surface area contributed by atoms with E-state index in [0.717, 1.165) is 45.0 Å². The van der Waals surface area contributed by atoms with Gasteiger partial charge in [0, 0.05) is 23.5 Å². The number of hydrogen-bond donors (Lipinski definition) is 1. The van der Waals surface area contributed by atoms with Crippen LogP contribution < -0.4 is 5.32 Å². The monoisotopic (exact) mass is 438 g/mol. The Balaban J connectivity index is 1.82. The van der Waals surface area contributed by atoms with E-state index in [-0.39, 0.29) is 23.8 Å². The normalized spacial score (nSPS) is 11.6. The molecule has 2 amide bonds. The van der Waals surface area contributed by atoms with Crippen LogP contribution in [-0.2, 0) is 16.6 Å². The summed E-state index contributed by atoms with van der Waals surface area (Å²) in [5, 5.41) is 3.85. The maximum absolute atomic E-state index is 13.1. The number of fused-ring (bicyclic) bond motifs is 1. The number of anilines is 1. The molecule has 3 aromatic rings. The van der Waals surface area contributed by atoms with Gasteiger partial charge in [0.25, 0.3) is 5.91 Å². The average Bonchev–Trinajstić information content (AvgIpc) is 3.04. The number of nitrogens with zero attached hydrogens (tertiary/aromatic N) is 3. The molecule has 3 rings (SSSR count). The van der Waals surface area contributed by atoms with Gasteiger partial charge in [-0.2, -0.15) is 0 Å². The van der Waals surface area contributed by atoms with Crippen LogP contribution in [0.3, 0.4) is 0 Å². The van der Waals surface area contributed by atoms with E-state index in [2.05, 4.69) is 31.1 Å². The number of aromatic nitrogens is 2. The molecule has 6 nitrogen and oxygen atoms in total. The quantitative estimate of drug-likeness (QED) is 0.616. The van der Waals surface area contributed by atoms with Crippen molar-refractivity contribution in [1.82, 2.24) is 14.9 Å². The summed E-state index contributed by atoms with van der Waals surface area (Å²) < 4.78 is 0. The van der Waals surface area contributed by atoms with Crippen LogP contribution in [0.1, 0.15) is 60.0 Å². The molecular weight excluding hydrogens is 408 g/mol. The number of amides is 2. The van der Waals surface area contributed by atoms with Crippen LogP contribution in [0, 0.1) is 13.8 Å². The van der Waals surface area contributed by atoms with Crippen molar-refractivity contribution in [1.29, 1.82) is 0 Å². The maximum atomic E-state index is 13.1. The summed E-state index contributed by atoms with van der Waals surface area (Å²) in [4.78, 5) is 38.0. The fourth-order valence-corrected chi connectivity index (χ4v) is 4.71. The first-order chi connectivity index (χ1) is 14.5. The van der Waals surface area contributed by atoms with E-state index in [1.54, 1.807) is 7.05 Å². The molecule has 164 valence electrons. The second kappa shape index (κ2) is 8.75. The number of carbonyl (C=O) groups excluding carboxylic acids is 2. The van der Waals surface area contributed by atoms with Gasteiger partial charge in [-0.15, -0.1) is 11.3 Å². The van der Waals surface area contributed by atoms with Crippen LogP contribution >= 0.6 is 11.3 Å². The molecule has 31 heavy (non-hydrogen) atoms. The third-order valence-electron chi connectivity index (χ3n) is 5.24. The van der Waals surface area contributed by atoms with Gasteiger partial charge < -0.3 is 10.2 Å². The molecule has 0 atom stereocenters. The van der Waals surface area contributed by atoms with Gasteiger partial charge in [-0.05, 0) is 37.5 Å². The lowest BCUT2D eigenvalue weighted by Crippen LogP contribution is -2.35. The molecular formula is C24H30N4O2S. The molecule has 0 fully saturated rings. The summed E-state index contributed by atoms with van der Waals surface area (Å²) in [5.74, 6) is 0.359. The van der Waals surface area contributed by atoms with Crippen LogP contribution in [0.15, 0.2) is 24.3 Å². The second-order valence-corrected chi connectivity index (χ2v) is 9.84. The molecule has 1 aromatic carbocycles. The summed E-state index contributed by atoms with van der Waals surface area (Å²) in [7, 11) is 1.65. The standard InChI is InChI=1S/C24H30N4O2S/c1-8-16-11-9-10-12-17(16)26-18(29)13-28(7)22(30)20-14(2)19-15(3)25-23(24(4,5)6)27-21(19)31-20/h9-12H,8,13H2,1-7H3,(H,26,29). The first kappa shape index (κ1) is 22.9. The highest BCUT2D eigenvalue weighted by molar-refractivity contribution is 7.20. The van der Waals surface area contributed by atoms with Crippen LogP contribution in [0.25, 0.3) is 10.2 Å². The molecule has 0 radical (unpaired) electrons. The van der Waals surface area contributed by atoms with E-state index in [4.69, 9.17) is 4.98 Å². The number of para-hydroxylation sites is 1. The van der Waals surface area contributed by atoms with Gasteiger partial charge in [-0.3, -0.25) is 9.59 Å². The van der Waals surface area contributed by atoms with Crippen molar-refractivity contribution in [2.24, 2.45) is 0 Å². The van der Waals surface area contributed by atoms with Gasteiger partial charge in [-0.25, -0.2) is 9.97 Å². The van der Waals surface area contributed by atoms with Gasteiger partial charge in [-0.1, -0.05) is 45.9 Å². The van der Waals surface area contributed by atoms with Crippen molar-refractivity contribution < 1.29 is 9.59 Å². The third kappa shape index (κ3) is 4.77. The van der Waals surface area contributed by atoms with Crippen molar-refractivity contribution >= 4 is 39.1 Å². The molecule has 0 aliphatic carbocycles. The molecule has 0 unspecified atom stereocenters. The van der Waals surface area contributed by atoms with E-state index >= 15 is 0 Å². The minimum atomic E-state index is -0.221. The van der Waals surface area contributed by atoms with Crippen LogP contribution in [0.2, 0.25) is 0 Å². The van der Waals surface area contributed by atoms with Crippen molar-refractivity contribution in [3.63, 3.8) is 0 Å². The van der Waals surface area contributed by atoms with Crippen molar-refractivity contribution in [3.8, 4) is 0 Å². The van der Waals surface area contributed by atoms with Crippen LogP contribution in [0.5, 0.6) is 0 Å². The minimum Gasteiger partial charge on any atom is -0.332 e. The Morgan fingerprint density at radius 2 is 1.81 bits per heavy atom. The van der Waals surface area contributed by atoms with E-state index in [9.17, 15) is 9.59 Å². The number of carbonyl (C=O) groups is 2. The average molecular weight is 439 g/mol. The Morgan fingerprint density at radius 3 is 2.45 bits per heavy atom. The Labute approximate surface area is 187 Å². The van der Waals surface area contributed by atoms with E-state index in [1.165, 1.54) is 16.2 Å². The Bertz CT molecular complexity index is 1140. The number of rotatable bonds is 5. The lowest BCUT2D eigenvalue weighted by Gasteiger charge is -2.17. The smallest absolute Gasteiger partial charge is 0.264 e. The fourth-order valence-electron chi connectivity index (χ4n) is 3.48. The number of aryl methyl sites for hydroxylation is 3. The molecule has 0 saturated heterocycles. The Morgan fingerprint density at radius 1 is 1.13 bits per heavy atom. The highest BCUT2D eigenvalue weighted by Crippen LogP contribution is 2.33. The van der Waals surface area contributed by atoms with E-state index in [1.807, 2.05) is 45.0 Å². The third-order valence-corrected chi connectivity index (χ3v) is 6.41. The molecule has 0 bridgehead atoms. The first-order valence-electron chi connectivity index (χ1n) is 10.4. The zero-order valence-electron chi connectivity index (χ0n) is 19.3. The molecule has 1 N–H and O–H groups in total. The highest BCUT2D eigenvalue weighted by atomic mass is 32.1.